The smallest absolute Gasteiger partial charge is 0.254 e. The molecule has 0 saturated carbocycles. The highest BCUT2D eigenvalue weighted by atomic mass is 16.3. The van der Waals surface area contributed by atoms with Crippen LogP contribution in [0.5, 0.6) is 0 Å². The van der Waals surface area contributed by atoms with Gasteiger partial charge >= 0.3 is 0 Å². The molecule has 2 aromatic rings. The number of piperidine rings is 1. The van der Waals surface area contributed by atoms with E-state index in [0.29, 0.717) is 44.5 Å². The Kier molecular flexibility index (Phi) is 6.79. The fourth-order valence-electron chi connectivity index (χ4n) is 5.05. The average Bonchev–Trinajstić information content (AvgIpc) is 3.17. The number of benzene rings is 2. The molecule has 33 heavy (non-hydrogen) atoms. The van der Waals surface area contributed by atoms with E-state index in [1.165, 1.54) is 0 Å². The van der Waals surface area contributed by atoms with E-state index in [2.05, 4.69) is 5.32 Å². The van der Waals surface area contributed by atoms with Crippen LogP contribution < -0.4 is 5.32 Å². The van der Waals surface area contributed by atoms with Crippen molar-refractivity contribution < 1.29 is 19.5 Å². The van der Waals surface area contributed by atoms with Crippen LogP contribution in [0.2, 0.25) is 0 Å². The second-order valence-corrected chi connectivity index (χ2v) is 9.09. The molecule has 0 unspecified atom stereocenters. The maximum Gasteiger partial charge on any atom is 0.254 e. The zero-order valence-corrected chi connectivity index (χ0v) is 19.0. The molecule has 7 heteroatoms. The summed E-state index contributed by atoms with van der Waals surface area (Å²) < 4.78 is 0. The molecule has 7 nitrogen and oxygen atoms in total. The number of hydrogen-bond acceptors (Lipinski definition) is 4. The summed E-state index contributed by atoms with van der Waals surface area (Å²) in [5.74, 6) is -0.241. The molecule has 0 radical (unpaired) electrons. The molecule has 4 rings (SSSR count). The maximum atomic E-state index is 13.3. The summed E-state index contributed by atoms with van der Waals surface area (Å²) in [4.78, 5) is 42.0. The summed E-state index contributed by atoms with van der Waals surface area (Å²) in [6, 6.07) is 16.9. The highest BCUT2D eigenvalue weighted by Crippen LogP contribution is 2.38. The molecule has 1 atom stereocenters. The van der Waals surface area contributed by atoms with Gasteiger partial charge in [-0.05, 0) is 36.5 Å². The van der Waals surface area contributed by atoms with Gasteiger partial charge in [0.2, 0.25) is 11.8 Å². The summed E-state index contributed by atoms with van der Waals surface area (Å²) >= 11 is 0. The molecule has 0 aliphatic carbocycles. The van der Waals surface area contributed by atoms with Crippen LogP contribution in [-0.4, -0.2) is 63.9 Å². The van der Waals surface area contributed by atoms with E-state index in [0.717, 1.165) is 11.1 Å². The van der Waals surface area contributed by atoms with Crippen LogP contribution in [0, 0.1) is 0 Å². The quantitative estimate of drug-likeness (QED) is 0.678. The largest absolute Gasteiger partial charge is 0.394 e. The van der Waals surface area contributed by atoms with E-state index >= 15 is 0 Å². The monoisotopic (exact) mass is 449 g/mol. The number of likely N-dealkylation sites (tertiary alicyclic amines) is 1. The zero-order chi connectivity index (χ0) is 23.4. The van der Waals surface area contributed by atoms with Crippen molar-refractivity contribution in [3.8, 4) is 0 Å². The number of rotatable bonds is 7. The summed E-state index contributed by atoms with van der Waals surface area (Å²) in [6.45, 7) is 2.87. The number of nitrogens with one attached hydrogen (secondary N) is 1. The third kappa shape index (κ3) is 4.93. The van der Waals surface area contributed by atoms with E-state index in [4.69, 9.17) is 0 Å². The van der Waals surface area contributed by atoms with Crippen molar-refractivity contribution in [2.24, 2.45) is 0 Å². The lowest BCUT2D eigenvalue weighted by molar-refractivity contribution is -0.132. The van der Waals surface area contributed by atoms with Crippen LogP contribution in [0.25, 0.3) is 0 Å². The van der Waals surface area contributed by atoms with E-state index in [1.807, 2.05) is 59.5 Å². The van der Waals surface area contributed by atoms with Crippen molar-refractivity contribution in [3.63, 3.8) is 0 Å². The fourth-order valence-corrected chi connectivity index (χ4v) is 5.05. The second kappa shape index (κ2) is 9.75. The Morgan fingerprint density at radius 2 is 1.73 bits per heavy atom. The Balaban J connectivity index is 1.51. The molecular weight excluding hydrogens is 418 g/mol. The third-order valence-electron chi connectivity index (χ3n) is 6.93. The SMILES string of the molecule is CC(=O)N1CCC(CC(=O)N[C@H](CO)Cc2ccccc2)(N2Cc3ccccc3C2=O)CC1. The van der Waals surface area contributed by atoms with Crippen molar-refractivity contribution in [1.29, 1.82) is 0 Å². The number of aliphatic hydroxyl groups excluding tert-OH is 1. The van der Waals surface area contributed by atoms with Gasteiger partial charge in [0.15, 0.2) is 0 Å². The van der Waals surface area contributed by atoms with Crippen molar-refractivity contribution in [2.75, 3.05) is 19.7 Å². The van der Waals surface area contributed by atoms with Crippen molar-refractivity contribution in [2.45, 2.75) is 50.7 Å². The third-order valence-corrected chi connectivity index (χ3v) is 6.93. The minimum atomic E-state index is -0.668. The van der Waals surface area contributed by atoms with Gasteiger partial charge in [0.05, 0.1) is 24.6 Å². The molecule has 3 amide bonds. The number of nitrogens with zero attached hydrogens (tertiary/aromatic N) is 2. The van der Waals surface area contributed by atoms with Gasteiger partial charge in [-0.3, -0.25) is 14.4 Å². The molecule has 1 fully saturated rings. The van der Waals surface area contributed by atoms with Gasteiger partial charge in [0.25, 0.3) is 5.91 Å². The van der Waals surface area contributed by atoms with Gasteiger partial charge in [0, 0.05) is 32.1 Å². The predicted octanol–water partition coefficient (Wildman–Crippen LogP) is 2.13. The first-order chi connectivity index (χ1) is 15.9. The number of carbonyl (C=O) groups excluding carboxylic acids is 3. The Morgan fingerprint density at radius 3 is 2.36 bits per heavy atom. The van der Waals surface area contributed by atoms with E-state index < -0.39 is 11.6 Å². The molecular formula is C26H31N3O4. The number of fused-ring (bicyclic) bond motifs is 1. The zero-order valence-electron chi connectivity index (χ0n) is 19.0. The highest BCUT2D eigenvalue weighted by Gasteiger charge is 2.47. The molecule has 2 heterocycles. The summed E-state index contributed by atoms with van der Waals surface area (Å²) in [7, 11) is 0. The van der Waals surface area contributed by atoms with Gasteiger partial charge in [0.1, 0.15) is 0 Å². The standard InChI is InChI=1S/C26H31N3O4/c1-19(31)28-13-11-26(12-14-28,29-17-21-9-5-6-10-23(21)25(29)33)16-24(32)27-22(18-30)15-20-7-3-2-4-8-20/h2-10,22,30H,11-18H2,1H3,(H,27,32)/t22-/m0/s1. The van der Waals surface area contributed by atoms with Crippen LogP contribution in [0.4, 0.5) is 0 Å². The van der Waals surface area contributed by atoms with Crippen molar-refractivity contribution >= 4 is 17.7 Å². The van der Waals surface area contributed by atoms with Gasteiger partial charge in [-0.1, -0.05) is 48.5 Å². The van der Waals surface area contributed by atoms with E-state index in [-0.39, 0.29) is 30.7 Å². The van der Waals surface area contributed by atoms with Crippen LogP contribution >= 0.6 is 0 Å². The lowest BCUT2D eigenvalue weighted by Gasteiger charge is -2.47. The summed E-state index contributed by atoms with van der Waals surface area (Å²) in [5.41, 5.74) is 2.02. The second-order valence-electron chi connectivity index (χ2n) is 9.09. The molecule has 2 aliphatic rings. The van der Waals surface area contributed by atoms with E-state index in [9.17, 15) is 19.5 Å². The summed E-state index contributed by atoms with van der Waals surface area (Å²) in [5, 5.41) is 12.8. The van der Waals surface area contributed by atoms with E-state index in [1.54, 1.807) is 11.8 Å². The molecule has 2 aliphatic heterocycles. The van der Waals surface area contributed by atoms with Crippen LogP contribution in [0.15, 0.2) is 54.6 Å². The van der Waals surface area contributed by atoms with Crippen molar-refractivity contribution in [3.05, 3.63) is 71.3 Å². The van der Waals surface area contributed by atoms with Crippen LogP contribution in [-0.2, 0) is 22.6 Å². The highest BCUT2D eigenvalue weighted by molar-refractivity contribution is 5.99. The predicted molar refractivity (Wildman–Crippen MR) is 124 cm³/mol. The number of amides is 3. The lowest BCUT2D eigenvalue weighted by atomic mass is 9.82. The Labute approximate surface area is 194 Å². The minimum absolute atomic E-state index is 0.00675. The number of carbonyl (C=O) groups is 3. The molecule has 2 N–H and O–H groups in total. The van der Waals surface area contributed by atoms with Gasteiger partial charge in [-0.15, -0.1) is 0 Å². The lowest BCUT2D eigenvalue weighted by Crippen LogP contribution is -2.58. The molecule has 1 saturated heterocycles. The Hall–Kier alpha value is -3.19. The van der Waals surface area contributed by atoms with Crippen LogP contribution in [0.1, 0.15) is 47.7 Å². The Morgan fingerprint density at radius 1 is 1.06 bits per heavy atom. The first kappa shape index (κ1) is 23.0. The molecule has 0 aromatic heterocycles. The first-order valence-corrected chi connectivity index (χ1v) is 11.5. The van der Waals surface area contributed by atoms with Crippen LogP contribution in [0.3, 0.4) is 0 Å². The number of hydrogen-bond donors (Lipinski definition) is 2. The molecule has 2 aromatic carbocycles. The van der Waals surface area contributed by atoms with Gasteiger partial charge < -0.3 is 20.2 Å². The van der Waals surface area contributed by atoms with Gasteiger partial charge in [-0.2, -0.15) is 0 Å². The average molecular weight is 450 g/mol. The normalized spacial score (nSPS) is 18.1. The number of aliphatic hydroxyl groups is 1. The van der Waals surface area contributed by atoms with Crippen molar-refractivity contribution in [1.82, 2.24) is 15.1 Å². The minimum Gasteiger partial charge on any atom is -0.394 e. The maximum absolute atomic E-state index is 13.3. The Bertz CT molecular complexity index is 1020. The molecule has 174 valence electrons. The first-order valence-electron chi connectivity index (χ1n) is 11.5. The fraction of sp³-hybridized carbons (Fsp3) is 0.423. The molecule has 0 spiro atoms. The molecule has 0 bridgehead atoms. The topological polar surface area (TPSA) is 89.9 Å². The van der Waals surface area contributed by atoms with Gasteiger partial charge in [-0.25, -0.2) is 0 Å². The summed E-state index contributed by atoms with van der Waals surface area (Å²) in [6.07, 6.45) is 1.76.